The van der Waals surface area contributed by atoms with Gasteiger partial charge in [0.15, 0.2) is 16.4 Å². The molecule has 0 aliphatic rings. The van der Waals surface area contributed by atoms with Gasteiger partial charge >= 0.3 is 6.18 Å². The molecule has 300 valence electrons. The molecule has 0 heterocycles. The van der Waals surface area contributed by atoms with Gasteiger partial charge in [-0.3, -0.25) is 0 Å². The van der Waals surface area contributed by atoms with Crippen LogP contribution in [0.3, 0.4) is 0 Å². The smallest absolute Gasteiger partial charge is 0.416 e. The predicted molar refractivity (Wildman–Crippen MR) is 196 cm³/mol. The predicted octanol–water partition coefficient (Wildman–Crippen LogP) is 10.4. The Balaban J connectivity index is 0.000000362. The van der Waals surface area contributed by atoms with Crippen LogP contribution >= 0.6 is 89.1 Å². The fourth-order valence-corrected chi connectivity index (χ4v) is 9.93. The lowest BCUT2D eigenvalue weighted by molar-refractivity contribution is -0.137. The van der Waals surface area contributed by atoms with Crippen molar-refractivity contribution in [3.05, 3.63) is 104 Å². The first-order valence-corrected chi connectivity index (χ1v) is 23.6. The monoisotopic (exact) mass is 1000 g/mol. The fraction of sp³-hybridized carbons (Fsp3) is 0.111. The van der Waals surface area contributed by atoms with Crippen molar-refractivity contribution >= 4 is 125 Å². The van der Waals surface area contributed by atoms with Crippen molar-refractivity contribution in [2.45, 2.75) is 25.8 Å². The van der Waals surface area contributed by atoms with Crippen molar-refractivity contribution in [1.82, 2.24) is 0 Å². The lowest BCUT2D eigenvalue weighted by Gasteiger charge is -2.10. The molecule has 10 nitrogen and oxygen atoms in total. The first-order chi connectivity index (χ1) is 24.4. The van der Waals surface area contributed by atoms with E-state index in [1.807, 2.05) is 0 Å². The fourth-order valence-electron chi connectivity index (χ4n) is 3.36. The summed E-state index contributed by atoms with van der Waals surface area (Å²) in [6.45, 7) is 0. The molecule has 4 aromatic carbocycles. The highest BCUT2D eigenvalue weighted by Gasteiger charge is 2.33. The summed E-state index contributed by atoms with van der Waals surface area (Å²) in [5, 5.41) is -1.29. The van der Waals surface area contributed by atoms with Gasteiger partial charge in [0, 0.05) is 48.8 Å². The van der Waals surface area contributed by atoms with Crippen molar-refractivity contribution in [3.8, 4) is 11.5 Å². The molecule has 27 heteroatoms. The third-order valence-corrected chi connectivity index (χ3v) is 12.7. The molecular weight excluding hydrogens is 991 g/mol. The highest BCUT2D eigenvalue weighted by molar-refractivity contribution is 8.14. The second kappa shape index (κ2) is 20.1. The van der Waals surface area contributed by atoms with Crippen molar-refractivity contribution in [2.75, 3.05) is 14.2 Å². The maximum atomic E-state index is 12.6. The molecule has 0 radical (unpaired) electrons. The van der Waals surface area contributed by atoms with Gasteiger partial charge in [-0.2, -0.15) is 13.2 Å². The molecule has 0 bridgehead atoms. The Labute approximate surface area is 343 Å². The van der Waals surface area contributed by atoms with Gasteiger partial charge < -0.3 is 9.47 Å². The van der Waals surface area contributed by atoms with E-state index < -0.39 is 79.4 Å². The molecule has 0 aromatic heterocycles. The van der Waals surface area contributed by atoms with E-state index in [9.17, 15) is 55.6 Å². The van der Waals surface area contributed by atoms with Crippen LogP contribution in [-0.2, 0) is 42.4 Å². The van der Waals surface area contributed by atoms with Gasteiger partial charge in [0.05, 0.1) is 44.8 Å². The van der Waals surface area contributed by atoms with Crippen LogP contribution in [0.25, 0.3) is 0 Å². The molecule has 0 atom stereocenters. The van der Waals surface area contributed by atoms with Crippen molar-refractivity contribution in [3.63, 3.8) is 0 Å². The average molecular weight is 1010 g/mol. The van der Waals surface area contributed by atoms with E-state index in [1.54, 1.807) is 0 Å². The number of hydrogen-bond acceptors (Lipinski definition) is 10. The summed E-state index contributed by atoms with van der Waals surface area (Å²) in [6.07, 6.45) is -4.66. The van der Waals surface area contributed by atoms with Crippen molar-refractivity contribution in [2.24, 2.45) is 0 Å². The minimum absolute atomic E-state index is 0.0168. The van der Waals surface area contributed by atoms with Crippen molar-refractivity contribution in [1.29, 1.82) is 0 Å². The summed E-state index contributed by atoms with van der Waals surface area (Å²) in [5.41, 5.74) is -1.15. The topological polar surface area (TPSA) is 155 Å². The minimum Gasteiger partial charge on any atom is -0.493 e. The van der Waals surface area contributed by atoms with Crippen LogP contribution < -0.4 is 9.47 Å². The van der Waals surface area contributed by atoms with Crippen LogP contribution in [0.15, 0.2) is 86.3 Å². The van der Waals surface area contributed by atoms with Gasteiger partial charge in [0.2, 0.25) is 0 Å². The molecule has 0 aliphatic carbocycles. The maximum absolute atomic E-state index is 12.6. The molecule has 0 aliphatic heterocycles. The van der Waals surface area contributed by atoms with Gasteiger partial charge in [-0.1, -0.05) is 58.5 Å². The molecule has 0 saturated heterocycles. The largest absolute Gasteiger partial charge is 0.493 e. The number of alkyl halides is 3. The van der Waals surface area contributed by atoms with E-state index in [1.165, 1.54) is 50.6 Å². The summed E-state index contributed by atoms with van der Waals surface area (Å²) in [4.78, 5) is -2.09. The summed E-state index contributed by atoms with van der Waals surface area (Å²) >= 11 is 21.9. The highest BCUT2D eigenvalue weighted by atomic mass is 35.7. The Hall–Kier alpha value is -1.75. The van der Waals surface area contributed by atoms with Gasteiger partial charge in [0.25, 0.3) is 36.2 Å². The van der Waals surface area contributed by atoms with Crippen molar-refractivity contribution < 1.29 is 65.1 Å². The third-order valence-electron chi connectivity index (χ3n) is 5.53. The van der Waals surface area contributed by atoms with Crippen LogP contribution in [-0.4, -0.2) is 47.9 Å². The molecule has 0 amide bonds. The standard InChI is InChI=1S/C8H9ClO4S.C7H2Cl3F3O2S.C6H3Cl3O2S.C6H3ClF2O2S/c1-12-7-4-3-6(14(9,10)11)5-8(7)13-2;8-4-1-3(7(11,12)13)2-5(9)6(4)16(10,14)15;7-4-2-1-3-5(8)6(4)12(9,10)11;7-12(10,11)6-4(8)2-1-3-5(6)9/h3-5H,1-2H3;1-2H;2*1-3H. The summed E-state index contributed by atoms with van der Waals surface area (Å²) in [6, 6.07) is 12.1. The number of hydrogen-bond donors (Lipinski definition) is 0. The Morgan fingerprint density at radius 1 is 0.500 bits per heavy atom. The molecule has 0 spiro atoms. The quantitative estimate of drug-likeness (QED) is 0.135. The van der Waals surface area contributed by atoms with Crippen LogP contribution in [0.1, 0.15) is 5.56 Å². The van der Waals surface area contributed by atoms with E-state index in [0.717, 1.165) is 18.2 Å². The lowest BCUT2D eigenvalue weighted by Crippen LogP contribution is -2.06. The zero-order valence-electron chi connectivity index (χ0n) is 26.0. The zero-order valence-corrected chi connectivity index (χ0v) is 35.3. The summed E-state index contributed by atoms with van der Waals surface area (Å²) < 4.78 is 159. The Morgan fingerprint density at radius 3 is 1.17 bits per heavy atom. The van der Waals surface area contributed by atoms with Crippen LogP contribution in [0.4, 0.5) is 22.0 Å². The number of benzene rings is 4. The lowest BCUT2D eigenvalue weighted by atomic mass is 10.2. The van der Waals surface area contributed by atoms with Gasteiger partial charge in [-0.15, -0.1) is 0 Å². The Morgan fingerprint density at radius 2 is 0.870 bits per heavy atom. The average Bonchev–Trinajstić information content (AvgIpc) is 2.98. The second-order valence-corrected chi connectivity index (χ2v) is 20.8. The third kappa shape index (κ3) is 15.3. The summed E-state index contributed by atoms with van der Waals surface area (Å²) in [5.74, 6) is -1.60. The highest BCUT2D eigenvalue weighted by Crippen LogP contribution is 2.39. The molecule has 0 fully saturated rings. The van der Waals surface area contributed by atoms with Gasteiger partial charge in [-0.25, -0.2) is 42.5 Å². The number of halogens is 13. The van der Waals surface area contributed by atoms with Gasteiger partial charge in [0.1, 0.15) is 21.4 Å². The zero-order chi connectivity index (χ0) is 42.2. The summed E-state index contributed by atoms with van der Waals surface area (Å²) in [7, 11) is 6.63. The van der Waals surface area contributed by atoms with E-state index in [-0.39, 0.29) is 19.8 Å². The Kier molecular flexibility index (Phi) is 18.7. The first kappa shape index (κ1) is 50.3. The van der Waals surface area contributed by atoms with Crippen LogP contribution in [0.2, 0.25) is 20.1 Å². The van der Waals surface area contributed by atoms with E-state index in [4.69, 9.17) is 98.6 Å². The minimum atomic E-state index is -4.66. The number of methoxy groups -OCH3 is 2. The molecule has 0 N–H and O–H groups in total. The maximum Gasteiger partial charge on any atom is 0.416 e. The molecule has 54 heavy (non-hydrogen) atoms. The molecule has 4 aromatic rings. The van der Waals surface area contributed by atoms with Crippen LogP contribution in [0.5, 0.6) is 11.5 Å². The van der Waals surface area contributed by atoms with E-state index >= 15 is 0 Å². The van der Waals surface area contributed by atoms with E-state index in [2.05, 4.69) is 0 Å². The van der Waals surface area contributed by atoms with Crippen LogP contribution in [0, 0.1) is 11.6 Å². The number of rotatable bonds is 6. The second-order valence-electron chi connectivity index (χ2n) is 9.14. The normalized spacial score (nSPS) is 11.8. The molecule has 4 rings (SSSR count). The molecule has 0 unspecified atom stereocenters. The first-order valence-electron chi connectivity index (χ1n) is 12.8. The Bertz CT molecular complexity index is 2290. The molecule has 0 saturated carbocycles. The molecular formula is C27H17Cl8F5O10S4. The van der Waals surface area contributed by atoms with E-state index in [0.29, 0.717) is 23.6 Å². The number of ether oxygens (including phenoxy) is 2. The SMILES string of the molecule is COc1ccc(S(=O)(=O)Cl)cc1OC.O=S(=O)(Cl)c1c(Cl)cc(C(F)(F)F)cc1Cl.O=S(=O)(Cl)c1c(Cl)cccc1Cl.O=S(=O)(Cl)c1c(F)cccc1F. The van der Waals surface area contributed by atoms with Gasteiger partial charge in [-0.05, 0) is 48.5 Å².